The van der Waals surface area contributed by atoms with E-state index in [1.165, 1.54) is 0 Å². The first-order valence-electron chi connectivity index (χ1n) is 7.10. The van der Waals surface area contributed by atoms with Crippen molar-refractivity contribution in [2.45, 2.75) is 0 Å². The van der Waals surface area contributed by atoms with Gasteiger partial charge in [0.25, 0.3) is 0 Å². The summed E-state index contributed by atoms with van der Waals surface area (Å²) in [5.41, 5.74) is 1.11. The molecule has 2 aromatic rings. The summed E-state index contributed by atoms with van der Waals surface area (Å²) < 4.78 is 11.6. The van der Waals surface area contributed by atoms with E-state index in [1.807, 2.05) is 0 Å². The van der Waals surface area contributed by atoms with Crippen LogP contribution in [-0.4, -0.2) is 48.2 Å². The summed E-state index contributed by atoms with van der Waals surface area (Å²) in [6.45, 7) is 0.760. The van der Waals surface area contributed by atoms with E-state index in [1.54, 1.807) is 55.4 Å². The molecule has 1 aromatic carbocycles. The van der Waals surface area contributed by atoms with Gasteiger partial charge >= 0.3 is 0 Å². The van der Waals surface area contributed by atoms with Crippen molar-refractivity contribution in [2.75, 3.05) is 32.2 Å². The summed E-state index contributed by atoms with van der Waals surface area (Å²) in [6.07, 6.45) is 3.29. The van der Waals surface area contributed by atoms with Gasteiger partial charge in [-0.15, -0.1) is 0 Å². The summed E-state index contributed by atoms with van der Waals surface area (Å²) in [7, 11) is 3.33. The minimum absolute atomic E-state index is 0.0443. The Balaban J connectivity index is 1.91. The highest BCUT2D eigenvalue weighted by molar-refractivity contribution is 6.07. The largest absolute Gasteiger partial charge is 0.382 e. The number of benzene rings is 1. The zero-order chi connectivity index (χ0) is 16.7. The van der Waals surface area contributed by atoms with Gasteiger partial charge in [0.15, 0.2) is 5.82 Å². The maximum atomic E-state index is 12.3. The third-order valence-corrected chi connectivity index (χ3v) is 3.12. The Morgan fingerprint density at radius 1 is 1.22 bits per heavy atom. The molecule has 0 radical (unpaired) electrons. The topological polar surface area (TPSA) is 82.4 Å². The fraction of sp³-hybridized carbons (Fsp3) is 0.312. The first kappa shape index (κ1) is 16.9. The number of nitrogens with one attached hydrogen (secondary N) is 1. The number of nitrogens with zero attached hydrogens (tertiary/aromatic N) is 2. The van der Waals surface area contributed by atoms with E-state index < -0.39 is 0 Å². The SMILES string of the molecule is COCCOCC(=O)Nc1ccc(C(=O)c2nccn2C)cc1. The van der Waals surface area contributed by atoms with E-state index in [2.05, 4.69) is 10.3 Å². The molecule has 0 unspecified atom stereocenters. The van der Waals surface area contributed by atoms with E-state index in [9.17, 15) is 9.59 Å². The van der Waals surface area contributed by atoms with E-state index >= 15 is 0 Å². The van der Waals surface area contributed by atoms with E-state index in [0.29, 0.717) is 30.3 Å². The number of rotatable bonds is 8. The molecule has 1 heterocycles. The molecule has 0 atom stereocenters. The van der Waals surface area contributed by atoms with Crippen LogP contribution in [0.3, 0.4) is 0 Å². The second-order valence-electron chi connectivity index (χ2n) is 4.86. The third-order valence-electron chi connectivity index (χ3n) is 3.12. The lowest BCUT2D eigenvalue weighted by molar-refractivity contribution is -0.121. The number of ketones is 1. The maximum absolute atomic E-state index is 12.3. The number of hydrogen-bond donors (Lipinski definition) is 1. The first-order valence-corrected chi connectivity index (χ1v) is 7.10. The Bertz CT molecular complexity index is 664. The summed E-state index contributed by atoms with van der Waals surface area (Å²) in [4.78, 5) is 28.0. The second-order valence-corrected chi connectivity index (χ2v) is 4.86. The van der Waals surface area contributed by atoms with Crippen LogP contribution in [0.1, 0.15) is 16.2 Å². The number of hydrogen-bond acceptors (Lipinski definition) is 5. The summed E-state index contributed by atoms with van der Waals surface area (Å²) in [6, 6.07) is 6.64. The average molecular weight is 317 g/mol. The van der Waals surface area contributed by atoms with Crippen LogP contribution in [0.4, 0.5) is 5.69 Å². The molecule has 0 aliphatic carbocycles. The van der Waals surface area contributed by atoms with Crippen LogP contribution >= 0.6 is 0 Å². The van der Waals surface area contributed by atoms with E-state index in [0.717, 1.165) is 0 Å². The molecule has 0 spiro atoms. The van der Waals surface area contributed by atoms with Gasteiger partial charge in [-0.25, -0.2) is 4.98 Å². The minimum atomic E-state index is -0.260. The summed E-state index contributed by atoms with van der Waals surface area (Å²) >= 11 is 0. The van der Waals surface area contributed by atoms with Gasteiger partial charge in [0.2, 0.25) is 11.7 Å². The van der Waals surface area contributed by atoms with Crippen LogP contribution in [0.25, 0.3) is 0 Å². The van der Waals surface area contributed by atoms with Crippen LogP contribution in [0.15, 0.2) is 36.7 Å². The lowest BCUT2D eigenvalue weighted by Crippen LogP contribution is -2.19. The number of ether oxygens (including phenoxy) is 2. The molecule has 0 aliphatic rings. The molecular weight excluding hydrogens is 298 g/mol. The first-order chi connectivity index (χ1) is 11.1. The van der Waals surface area contributed by atoms with Crippen molar-refractivity contribution in [3.05, 3.63) is 48.0 Å². The fourth-order valence-electron chi connectivity index (χ4n) is 1.92. The molecule has 7 nitrogen and oxygen atoms in total. The van der Waals surface area contributed by atoms with Gasteiger partial charge in [0, 0.05) is 37.8 Å². The smallest absolute Gasteiger partial charge is 0.250 e. The van der Waals surface area contributed by atoms with Gasteiger partial charge in [0.1, 0.15) is 6.61 Å². The van der Waals surface area contributed by atoms with Gasteiger partial charge in [0.05, 0.1) is 13.2 Å². The maximum Gasteiger partial charge on any atom is 0.250 e. The molecule has 0 fully saturated rings. The number of imidazole rings is 1. The van der Waals surface area contributed by atoms with Crippen LogP contribution in [0.2, 0.25) is 0 Å². The van der Waals surface area contributed by atoms with E-state index in [4.69, 9.17) is 9.47 Å². The van der Waals surface area contributed by atoms with Crippen molar-refractivity contribution in [2.24, 2.45) is 7.05 Å². The molecule has 23 heavy (non-hydrogen) atoms. The number of anilines is 1. The molecule has 1 N–H and O–H groups in total. The number of aryl methyl sites for hydroxylation is 1. The van der Waals surface area contributed by atoms with Gasteiger partial charge < -0.3 is 19.4 Å². The van der Waals surface area contributed by atoms with Crippen LogP contribution in [-0.2, 0) is 21.3 Å². The van der Waals surface area contributed by atoms with Gasteiger partial charge in [-0.1, -0.05) is 0 Å². The normalized spacial score (nSPS) is 10.5. The number of amides is 1. The fourth-order valence-corrected chi connectivity index (χ4v) is 1.92. The molecule has 0 aliphatic heterocycles. The Morgan fingerprint density at radius 3 is 2.57 bits per heavy atom. The highest BCUT2D eigenvalue weighted by Gasteiger charge is 2.13. The zero-order valence-corrected chi connectivity index (χ0v) is 13.1. The van der Waals surface area contributed by atoms with Crippen molar-refractivity contribution in [3.8, 4) is 0 Å². The summed E-state index contributed by atoms with van der Waals surface area (Å²) in [5.74, 6) is -0.0594. The predicted octanol–water partition coefficient (Wildman–Crippen LogP) is 1.25. The Labute approximate surface area is 134 Å². The highest BCUT2D eigenvalue weighted by Crippen LogP contribution is 2.12. The van der Waals surface area contributed by atoms with Crippen LogP contribution in [0.5, 0.6) is 0 Å². The predicted molar refractivity (Wildman–Crippen MR) is 84.4 cm³/mol. The van der Waals surface area contributed by atoms with Crippen LogP contribution in [0, 0.1) is 0 Å². The van der Waals surface area contributed by atoms with Crippen molar-refractivity contribution in [1.29, 1.82) is 0 Å². The number of methoxy groups -OCH3 is 1. The average Bonchev–Trinajstić information content (AvgIpc) is 2.98. The van der Waals surface area contributed by atoms with E-state index in [-0.39, 0.29) is 18.3 Å². The molecule has 122 valence electrons. The standard InChI is InChI=1S/C16H19N3O4/c1-19-8-7-17-16(19)15(21)12-3-5-13(6-4-12)18-14(20)11-23-10-9-22-2/h3-8H,9-11H2,1-2H3,(H,18,20). The monoisotopic (exact) mass is 317 g/mol. The number of carbonyl (C=O) groups is 2. The number of carbonyl (C=O) groups excluding carboxylic acids is 2. The quantitative estimate of drug-likeness (QED) is 0.585. The summed E-state index contributed by atoms with van der Waals surface area (Å²) in [5, 5.41) is 2.69. The lowest BCUT2D eigenvalue weighted by atomic mass is 10.1. The Kier molecular flexibility index (Phi) is 6.02. The Hall–Kier alpha value is -2.51. The molecular formula is C16H19N3O4. The molecule has 2 rings (SSSR count). The molecule has 1 aromatic heterocycles. The molecule has 0 saturated heterocycles. The molecule has 0 bridgehead atoms. The van der Waals surface area contributed by atoms with Gasteiger partial charge in [-0.3, -0.25) is 9.59 Å². The molecule has 1 amide bonds. The number of aromatic nitrogens is 2. The Morgan fingerprint density at radius 2 is 1.96 bits per heavy atom. The minimum Gasteiger partial charge on any atom is -0.382 e. The van der Waals surface area contributed by atoms with Gasteiger partial charge in [-0.05, 0) is 24.3 Å². The molecule has 0 saturated carbocycles. The molecule has 7 heteroatoms. The van der Waals surface area contributed by atoms with Crippen molar-refractivity contribution in [1.82, 2.24) is 9.55 Å². The van der Waals surface area contributed by atoms with Gasteiger partial charge in [-0.2, -0.15) is 0 Å². The third kappa shape index (κ3) is 4.73. The van der Waals surface area contributed by atoms with Crippen molar-refractivity contribution >= 4 is 17.4 Å². The van der Waals surface area contributed by atoms with Crippen molar-refractivity contribution < 1.29 is 19.1 Å². The van der Waals surface area contributed by atoms with Crippen LogP contribution < -0.4 is 5.32 Å². The highest BCUT2D eigenvalue weighted by atomic mass is 16.5. The lowest BCUT2D eigenvalue weighted by Gasteiger charge is -2.07. The second kappa shape index (κ2) is 8.21. The zero-order valence-electron chi connectivity index (χ0n) is 13.1. The van der Waals surface area contributed by atoms with Crippen molar-refractivity contribution in [3.63, 3.8) is 0 Å².